The molecule has 0 aromatic heterocycles. The molecule has 12 heavy (non-hydrogen) atoms. The average Bonchev–Trinajstić information content (AvgIpc) is 2.04. The van der Waals surface area contributed by atoms with Crippen LogP contribution in [0, 0.1) is 0 Å². The molecule has 0 heterocycles. The van der Waals surface area contributed by atoms with Gasteiger partial charge in [-0.25, -0.2) is 0 Å². The molecule has 0 saturated carbocycles. The van der Waals surface area contributed by atoms with Crippen LogP contribution < -0.4 is 10.5 Å². The van der Waals surface area contributed by atoms with Gasteiger partial charge in [0.1, 0.15) is 10.7 Å². The summed E-state index contributed by atoms with van der Waals surface area (Å²) in [5.74, 6) is 0.700. The lowest BCUT2D eigenvalue weighted by molar-refractivity contribution is 0.414. The molecule has 0 fully saturated rings. The van der Waals surface area contributed by atoms with E-state index >= 15 is 0 Å². The summed E-state index contributed by atoms with van der Waals surface area (Å²) < 4.78 is 6.01. The highest BCUT2D eigenvalue weighted by Gasteiger charge is 2.04. The first-order valence-electron chi connectivity index (χ1n) is 3.28. The standard InChI is InChI=1S/C8H8BrNOS/c1-11-7-3-2-5(9)4-6(7)8(10)12/h2-4H,1H3,(H2,10,12). The van der Waals surface area contributed by atoms with Gasteiger partial charge >= 0.3 is 0 Å². The number of thiocarbonyl (C=S) groups is 1. The lowest BCUT2D eigenvalue weighted by Gasteiger charge is -2.06. The van der Waals surface area contributed by atoms with Crippen molar-refractivity contribution in [3.8, 4) is 5.75 Å². The molecule has 0 spiro atoms. The fourth-order valence-electron chi connectivity index (χ4n) is 0.873. The van der Waals surface area contributed by atoms with Crippen LogP contribution in [0.2, 0.25) is 0 Å². The highest BCUT2D eigenvalue weighted by molar-refractivity contribution is 9.10. The van der Waals surface area contributed by atoms with Crippen molar-refractivity contribution in [2.24, 2.45) is 5.73 Å². The van der Waals surface area contributed by atoms with Gasteiger partial charge in [0.05, 0.1) is 12.7 Å². The predicted octanol–water partition coefficient (Wildman–Crippen LogP) is 2.09. The van der Waals surface area contributed by atoms with Crippen LogP contribution in [0.4, 0.5) is 0 Å². The average molecular weight is 246 g/mol. The van der Waals surface area contributed by atoms with Crippen molar-refractivity contribution in [2.75, 3.05) is 7.11 Å². The largest absolute Gasteiger partial charge is 0.496 e. The lowest BCUT2D eigenvalue weighted by atomic mass is 10.2. The zero-order chi connectivity index (χ0) is 9.14. The van der Waals surface area contributed by atoms with Crippen molar-refractivity contribution < 1.29 is 4.74 Å². The predicted molar refractivity (Wildman–Crippen MR) is 56.6 cm³/mol. The molecule has 2 N–H and O–H groups in total. The normalized spacial score (nSPS) is 9.50. The molecule has 0 amide bonds. The molecule has 0 aliphatic heterocycles. The van der Waals surface area contributed by atoms with Gasteiger partial charge in [-0.05, 0) is 18.2 Å². The summed E-state index contributed by atoms with van der Waals surface area (Å²) in [7, 11) is 1.59. The summed E-state index contributed by atoms with van der Waals surface area (Å²) in [6.45, 7) is 0. The molecule has 2 nitrogen and oxygen atoms in total. The van der Waals surface area contributed by atoms with Crippen LogP contribution >= 0.6 is 28.1 Å². The van der Waals surface area contributed by atoms with Crippen molar-refractivity contribution in [1.29, 1.82) is 0 Å². The van der Waals surface area contributed by atoms with Gasteiger partial charge < -0.3 is 10.5 Å². The Morgan fingerprint density at radius 1 is 1.58 bits per heavy atom. The Balaban J connectivity index is 3.21. The summed E-state index contributed by atoms with van der Waals surface area (Å²) in [4.78, 5) is 0.341. The Bertz CT molecular complexity index is 314. The second-order valence-corrected chi connectivity index (χ2v) is 3.56. The first-order valence-corrected chi connectivity index (χ1v) is 4.48. The maximum absolute atomic E-state index is 5.49. The van der Waals surface area contributed by atoms with Crippen molar-refractivity contribution >= 4 is 33.1 Å². The molecule has 0 saturated heterocycles. The Morgan fingerprint density at radius 2 is 2.25 bits per heavy atom. The van der Waals surface area contributed by atoms with E-state index in [-0.39, 0.29) is 0 Å². The summed E-state index contributed by atoms with van der Waals surface area (Å²) in [5, 5.41) is 0. The molecule has 0 aliphatic carbocycles. The van der Waals surface area contributed by atoms with Gasteiger partial charge in [0, 0.05) is 4.47 Å². The molecule has 0 bridgehead atoms. The van der Waals surface area contributed by atoms with Gasteiger partial charge in [0.15, 0.2) is 0 Å². The zero-order valence-electron chi connectivity index (χ0n) is 6.50. The van der Waals surface area contributed by atoms with E-state index in [1.54, 1.807) is 7.11 Å². The van der Waals surface area contributed by atoms with E-state index in [0.29, 0.717) is 10.7 Å². The number of hydrogen-bond donors (Lipinski definition) is 1. The summed E-state index contributed by atoms with van der Waals surface area (Å²) in [6, 6.07) is 5.53. The number of ether oxygens (including phenoxy) is 1. The molecule has 1 aromatic carbocycles. The number of halogens is 1. The minimum Gasteiger partial charge on any atom is -0.496 e. The second-order valence-electron chi connectivity index (χ2n) is 2.21. The van der Waals surface area contributed by atoms with E-state index in [2.05, 4.69) is 15.9 Å². The monoisotopic (exact) mass is 245 g/mol. The van der Waals surface area contributed by atoms with Crippen LogP contribution in [0.5, 0.6) is 5.75 Å². The highest BCUT2D eigenvalue weighted by Crippen LogP contribution is 2.22. The Morgan fingerprint density at radius 3 is 2.75 bits per heavy atom. The summed E-state index contributed by atoms with van der Waals surface area (Å²) >= 11 is 8.18. The van der Waals surface area contributed by atoms with E-state index in [4.69, 9.17) is 22.7 Å². The first kappa shape index (κ1) is 9.48. The van der Waals surface area contributed by atoms with E-state index in [0.717, 1.165) is 10.0 Å². The van der Waals surface area contributed by atoms with E-state index < -0.39 is 0 Å². The quantitative estimate of drug-likeness (QED) is 0.811. The fraction of sp³-hybridized carbons (Fsp3) is 0.125. The zero-order valence-corrected chi connectivity index (χ0v) is 8.91. The summed E-state index contributed by atoms with van der Waals surface area (Å²) in [6.07, 6.45) is 0. The van der Waals surface area contributed by atoms with Gasteiger partial charge in [0.25, 0.3) is 0 Å². The number of nitrogens with two attached hydrogens (primary N) is 1. The highest BCUT2D eigenvalue weighted by atomic mass is 79.9. The molecule has 64 valence electrons. The first-order chi connectivity index (χ1) is 5.65. The van der Waals surface area contributed by atoms with Crippen LogP contribution in [0.15, 0.2) is 22.7 Å². The topological polar surface area (TPSA) is 35.2 Å². The fourth-order valence-corrected chi connectivity index (χ4v) is 1.39. The lowest BCUT2D eigenvalue weighted by Crippen LogP contribution is -2.10. The molecule has 1 aromatic rings. The molecule has 0 atom stereocenters. The van der Waals surface area contributed by atoms with E-state index in [1.165, 1.54) is 0 Å². The third-order valence-electron chi connectivity index (χ3n) is 1.43. The SMILES string of the molecule is COc1ccc(Br)cc1C(N)=S. The number of benzene rings is 1. The van der Waals surface area contributed by atoms with Crippen molar-refractivity contribution in [1.82, 2.24) is 0 Å². The van der Waals surface area contributed by atoms with Crippen LogP contribution in [-0.2, 0) is 0 Å². The molecule has 0 radical (unpaired) electrons. The molecule has 4 heteroatoms. The van der Waals surface area contributed by atoms with Crippen LogP contribution in [0.3, 0.4) is 0 Å². The Kier molecular flexibility index (Phi) is 3.05. The van der Waals surface area contributed by atoms with Gasteiger partial charge in [-0.2, -0.15) is 0 Å². The van der Waals surface area contributed by atoms with Gasteiger partial charge in [0.2, 0.25) is 0 Å². The number of hydrogen-bond acceptors (Lipinski definition) is 2. The van der Waals surface area contributed by atoms with Gasteiger partial charge in [-0.3, -0.25) is 0 Å². The maximum atomic E-state index is 5.49. The third-order valence-corrected chi connectivity index (χ3v) is 2.14. The smallest absolute Gasteiger partial charge is 0.129 e. The number of rotatable bonds is 2. The van der Waals surface area contributed by atoms with Gasteiger partial charge in [-0.15, -0.1) is 0 Å². The van der Waals surface area contributed by atoms with Crippen LogP contribution in [0.1, 0.15) is 5.56 Å². The van der Waals surface area contributed by atoms with Crippen molar-refractivity contribution in [3.63, 3.8) is 0 Å². The van der Waals surface area contributed by atoms with Crippen molar-refractivity contribution in [3.05, 3.63) is 28.2 Å². The molecular weight excluding hydrogens is 238 g/mol. The third kappa shape index (κ3) is 1.95. The van der Waals surface area contributed by atoms with E-state index in [9.17, 15) is 0 Å². The molecule has 1 rings (SSSR count). The molecule has 0 aliphatic rings. The van der Waals surface area contributed by atoms with Crippen LogP contribution in [0.25, 0.3) is 0 Å². The van der Waals surface area contributed by atoms with Gasteiger partial charge in [-0.1, -0.05) is 28.1 Å². The van der Waals surface area contributed by atoms with Crippen molar-refractivity contribution in [2.45, 2.75) is 0 Å². The van der Waals surface area contributed by atoms with E-state index in [1.807, 2.05) is 18.2 Å². The Hall–Kier alpha value is -0.610. The summed E-state index contributed by atoms with van der Waals surface area (Å²) in [5.41, 5.74) is 6.24. The molecule has 0 unspecified atom stereocenters. The minimum atomic E-state index is 0.341. The second kappa shape index (κ2) is 3.87. The maximum Gasteiger partial charge on any atom is 0.129 e. The Labute approximate surface area is 84.8 Å². The molecular formula is C8H8BrNOS. The minimum absolute atomic E-state index is 0.341. The van der Waals surface area contributed by atoms with Crippen LogP contribution in [-0.4, -0.2) is 12.1 Å². The number of methoxy groups -OCH3 is 1.